The Bertz CT molecular complexity index is 1110. The van der Waals surface area contributed by atoms with Crippen molar-refractivity contribution < 1.29 is 0 Å². The van der Waals surface area contributed by atoms with E-state index < -0.39 is 0 Å². The lowest BCUT2D eigenvalue weighted by atomic mass is 10.0. The van der Waals surface area contributed by atoms with Crippen LogP contribution in [0.4, 0.5) is 5.82 Å². The predicted octanol–water partition coefficient (Wildman–Crippen LogP) is 6.01. The van der Waals surface area contributed by atoms with Crippen molar-refractivity contribution >= 4 is 28.7 Å². The molecule has 0 amide bonds. The number of pyridine rings is 1. The van der Waals surface area contributed by atoms with Gasteiger partial charge in [-0.05, 0) is 47.4 Å². The molecule has 31 heavy (non-hydrogen) atoms. The highest BCUT2D eigenvalue weighted by Gasteiger charge is 2.18. The van der Waals surface area contributed by atoms with Crippen molar-refractivity contribution in [1.82, 2.24) is 9.99 Å². The smallest absolute Gasteiger partial charge is 0.128 e. The van der Waals surface area contributed by atoms with E-state index in [1.807, 2.05) is 38.2 Å². The topological polar surface area (TPSA) is 31.7 Å². The van der Waals surface area contributed by atoms with Gasteiger partial charge < -0.3 is 4.90 Å². The molecule has 3 aromatic rings. The first-order chi connectivity index (χ1) is 15.0. The van der Waals surface area contributed by atoms with Crippen molar-refractivity contribution in [3.8, 4) is 0 Å². The SMILES string of the molecule is C=C(C)c1ccccc1CN1CCC(c2ccc(CN(C)c3ccccn3)c(Cl)c2)=N1. The molecule has 0 radical (unpaired) electrons. The average molecular weight is 431 g/mol. The van der Waals surface area contributed by atoms with Crippen LogP contribution in [0.5, 0.6) is 0 Å². The second-order valence-electron chi connectivity index (χ2n) is 7.97. The molecule has 0 saturated heterocycles. The van der Waals surface area contributed by atoms with Gasteiger partial charge in [0.25, 0.3) is 0 Å². The zero-order chi connectivity index (χ0) is 21.8. The minimum atomic E-state index is 0.701. The van der Waals surface area contributed by atoms with Crippen molar-refractivity contribution in [3.63, 3.8) is 0 Å². The van der Waals surface area contributed by atoms with Gasteiger partial charge in [0.15, 0.2) is 0 Å². The minimum Gasteiger partial charge on any atom is -0.355 e. The van der Waals surface area contributed by atoms with Crippen LogP contribution in [0.25, 0.3) is 5.57 Å². The van der Waals surface area contributed by atoms with Crippen LogP contribution in [0.15, 0.2) is 78.5 Å². The monoisotopic (exact) mass is 430 g/mol. The van der Waals surface area contributed by atoms with E-state index in [0.29, 0.717) is 6.54 Å². The molecule has 2 aromatic carbocycles. The zero-order valence-corrected chi connectivity index (χ0v) is 18.8. The minimum absolute atomic E-state index is 0.701. The summed E-state index contributed by atoms with van der Waals surface area (Å²) in [5.41, 5.74) is 6.78. The van der Waals surface area contributed by atoms with Crippen LogP contribution in [0, 0.1) is 0 Å². The summed E-state index contributed by atoms with van der Waals surface area (Å²) < 4.78 is 0. The van der Waals surface area contributed by atoms with E-state index in [4.69, 9.17) is 16.7 Å². The molecule has 2 heterocycles. The van der Waals surface area contributed by atoms with E-state index in [2.05, 4.69) is 57.9 Å². The number of nitrogens with zero attached hydrogens (tertiary/aromatic N) is 4. The van der Waals surface area contributed by atoms with Gasteiger partial charge in [0.05, 0.1) is 12.3 Å². The van der Waals surface area contributed by atoms with Crippen LogP contribution in [0.2, 0.25) is 5.02 Å². The highest BCUT2D eigenvalue weighted by atomic mass is 35.5. The number of hydrazone groups is 1. The van der Waals surface area contributed by atoms with Gasteiger partial charge in [0.1, 0.15) is 5.82 Å². The summed E-state index contributed by atoms with van der Waals surface area (Å²) >= 11 is 6.64. The fourth-order valence-electron chi connectivity index (χ4n) is 3.86. The van der Waals surface area contributed by atoms with Crippen molar-refractivity contribution in [2.75, 3.05) is 18.5 Å². The number of anilines is 1. The zero-order valence-electron chi connectivity index (χ0n) is 18.1. The first kappa shape index (κ1) is 21.1. The Kier molecular flexibility index (Phi) is 6.38. The van der Waals surface area contributed by atoms with Crippen LogP contribution in [-0.4, -0.2) is 29.3 Å². The molecule has 0 unspecified atom stereocenters. The Morgan fingerprint density at radius 3 is 2.65 bits per heavy atom. The lowest BCUT2D eigenvalue weighted by molar-refractivity contribution is 0.310. The molecule has 0 spiro atoms. The molecule has 0 N–H and O–H groups in total. The predicted molar refractivity (Wildman–Crippen MR) is 131 cm³/mol. The number of hydrogen-bond donors (Lipinski definition) is 0. The highest BCUT2D eigenvalue weighted by Crippen LogP contribution is 2.25. The normalized spacial score (nSPS) is 13.3. The van der Waals surface area contributed by atoms with Gasteiger partial charge in [-0.25, -0.2) is 4.98 Å². The molecule has 4 nitrogen and oxygen atoms in total. The summed E-state index contributed by atoms with van der Waals surface area (Å²) in [6.07, 6.45) is 2.72. The summed E-state index contributed by atoms with van der Waals surface area (Å²) in [7, 11) is 2.02. The van der Waals surface area contributed by atoms with E-state index in [-0.39, 0.29) is 0 Å². The molecule has 0 saturated carbocycles. The molecule has 0 atom stereocenters. The highest BCUT2D eigenvalue weighted by molar-refractivity contribution is 6.31. The van der Waals surface area contributed by atoms with E-state index in [0.717, 1.165) is 52.8 Å². The molecule has 0 aliphatic carbocycles. The summed E-state index contributed by atoms with van der Waals surface area (Å²) in [6.45, 7) is 8.54. The first-order valence-corrected chi connectivity index (χ1v) is 10.9. The van der Waals surface area contributed by atoms with Crippen LogP contribution in [0.1, 0.15) is 35.6 Å². The summed E-state index contributed by atoms with van der Waals surface area (Å²) in [5, 5.41) is 7.77. The Morgan fingerprint density at radius 2 is 1.90 bits per heavy atom. The molecule has 1 aliphatic rings. The van der Waals surface area contributed by atoms with Gasteiger partial charge >= 0.3 is 0 Å². The van der Waals surface area contributed by atoms with E-state index >= 15 is 0 Å². The molecule has 158 valence electrons. The van der Waals surface area contributed by atoms with Gasteiger partial charge in [0.2, 0.25) is 0 Å². The third-order valence-corrected chi connectivity index (χ3v) is 5.88. The van der Waals surface area contributed by atoms with Crippen molar-refractivity contribution in [3.05, 3.63) is 101 Å². The number of aromatic nitrogens is 1. The molecular formula is C26H27ClN4. The standard InChI is InChI=1S/C26H27ClN4/c1-19(2)23-9-5-4-8-21(23)18-31-15-13-25(29-31)20-11-12-22(24(27)16-20)17-30(3)26-10-6-7-14-28-26/h4-12,14,16H,1,13,15,17-18H2,2-3H3. The van der Waals surface area contributed by atoms with E-state index in [1.54, 1.807) is 6.20 Å². The number of allylic oxidation sites excluding steroid dienone is 1. The van der Waals surface area contributed by atoms with Gasteiger partial charge in [-0.1, -0.05) is 66.2 Å². The molecular weight excluding hydrogens is 404 g/mol. The van der Waals surface area contributed by atoms with Crippen LogP contribution in [0.3, 0.4) is 0 Å². The second kappa shape index (κ2) is 9.36. The number of benzene rings is 2. The Hall–Kier alpha value is -3.11. The second-order valence-corrected chi connectivity index (χ2v) is 8.38. The van der Waals surface area contributed by atoms with Crippen molar-refractivity contribution in [2.45, 2.75) is 26.4 Å². The molecule has 1 aliphatic heterocycles. The summed E-state index contributed by atoms with van der Waals surface area (Å²) in [6, 6.07) is 20.6. The van der Waals surface area contributed by atoms with Crippen LogP contribution >= 0.6 is 11.6 Å². The van der Waals surface area contributed by atoms with E-state index in [9.17, 15) is 0 Å². The maximum absolute atomic E-state index is 6.64. The largest absolute Gasteiger partial charge is 0.355 e. The fraction of sp³-hybridized carbons (Fsp3) is 0.231. The van der Waals surface area contributed by atoms with Crippen LogP contribution < -0.4 is 4.90 Å². The Balaban J connectivity index is 1.47. The molecule has 4 rings (SSSR count). The van der Waals surface area contributed by atoms with Gasteiger partial charge in [-0.15, -0.1) is 0 Å². The Morgan fingerprint density at radius 1 is 1.10 bits per heavy atom. The van der Waals surface area contributed by atoms with Gasteiger partial charge in [-0.3, -0.25) is 5.01 Å². The third kappa shape index (κ3) is 4.97. The molecule has 1 aromatic heterocycles. The lowest BCUT2D eigenvalue weighted by Gasteiger charge is -2.19. The maximum atomic E-state index is 6.64. The number of halogens is 1. The summed E-state index contributed by atoms with van der Waals surface area (Å²) in [4.78, 5) is 6.49. The van der Waals surface area contributed by atoms with Crippen molar-refractivity contribution in [1.29, 1.82) is 0 Å². The Labute approximate surface area is 189 Å². The summed E-state index contributed by atoms with van der Waals surface area (Å²) in [5.74, 6) is 0.925. The number of rotatable bonds is 7. The molecule has 0 fully saturated rings. The number of hydrogen-bond acceptors (Lipinski definition) is 4. The van der Waals surface area contributed by atoms with Gasteiger partial charge in [-0.2, -0.15) is 5.10 Å². The molecule has 0 bridgehead atoms. The quantitative estimate of drug-likeness (QED) is 0.459. The maximum Gasteiger partial charge on any atom is 0.128 e. The third-order valence-electron chi connectivity index (χ3n) is 5.53. The van der Waals surface area contributed by atoms with Crippen molar-refractivity contribution in [2.24, 2.45) is 5.10 Å². The fourth-order valence-corrected chi connectivity index (χ4v) is 4.10. The first-order valence-electron chi connectivity index (χ1n) is 10.5. The van der Waals surface area contributed by atoms with Gasteiger partial charge in [0, 0.05) is 37.8 Å². The molecule has 5 heteroatoms. The average Bonchev–Trinajstić information content (AvgIpc) is 3.24. The van der Waals surface area contributed by atoms with E-state index in [1.165, 1.54) is 11.1 Å². The van der Waals surface area contributed by atoms with Crippen LogP contribution in [-0.2, 0) is 13.1 Å². The lowest BCUT2D eigenvalue weighted by Crippen LogP contribution is -2.17.